The van der Waals surface area contributed by atoms with Crippen LogP contribution in [0, 0.1) is 0 Å². The molecule has 0 amide bonds. The van der Waals surface area contributed by atoms with Gasteiger partial charge in [0.05, 0.1) is 11.4 Å². The van der Waals surface area contributed by atoms with Crippen LogP contribution >= 0.6 is 0 Å². The minimum absolute atomic E-state index is 0.0188. The van der Waals surface area contributed by atoms with Crippen molar-refractivity contribution in [3.05, 3.63) is 23.7 Å². The molecule has 0 N–H and O–H groups in total. The first-order chi connectivity index (χ1) is 13.2. The average molecular weight is 407 g/mol. The number of likely N-dealkylation sites (tertiary alicyclic amines) is 1. The molecule has 2 aliphatic rings. The molecule has 2 aromatic rings. The smallest absolute Gasteiger partial charge is 0.214 e. The molecule has 8 nitrogen and oxygen atoms in total. The standard InChI is InChI=1S/C19H30N6O2S/c1-19(2,3)16-5-6-17-20-21-18(25(17)22-16)15-7-10-23(11-8-15)12-13-24-9-4-14-28(24,26)27/h5-6,15H,4,7-14H2,1-3H3. The first-order valence-corrected chi connectivity index (χ1v) is 11.8. The maximum atomic E-state index is 11.9. The van der Waals surface area contributed by atoms with Crippen LogP contribution in [-0.4, -0.2) is 75.9 Å². The van der Waals surface area contributed by atoms with E-state index in [2.05, 4.69) is 35.9 Å². The molecule has 154 valence electrons. The summed E-state index contributed by atoms with van der Waals surface area (Å²) in [5.41, 5.74) is 1.81. The van der Waals surface area contributed by atoms with Gasteiger partial charge in [-0.3, -0.25) is 0 Å². The van der Waals surface area contributed by atoms with Gasteiger partial charge in [-0.05, 0) is 44.5 Å². The summed E-state index contributed by atoms with van der Waals surface area (Å²) in [5.74, 6) is 1.59. The molecular weight excluding hydrogens is 376 g/mol. The zero-order valence-corrected chi connectivity index (χ0v) is 17.8. The van der Waals surface area contributed by atoms with E-state index in [0.29, 0.717) is 24.8 Å². The predicted octanol–water partition coefficient (Wildman–Crippen LogP) is 1.64. The number of fused-ring (bicyclic) bond motifs is 1. The van der Waals surface area contributed by atoms with Crippen LogP contribution in [0.4, 0.5) is 0 Å². The summed E-state index contributed by atoms with van der Waals surface area (Å²) in [6, 6.07) is 4.03. The van der Waals surface area contributed by atoms with Gasteiger partial charge < -0.3 is 4.90 Å². The highest BCUT2D eigenvalue weighted by molar-refractivity contribution is 7.89. The van der Waals surface area contributed by atoms with Crippen molar-refractivity contribution in [1.82, 2.24) is 29.0 Å². The van der Waals surface area contributed by atoms with Gasteiger partial charge in [0.25, 0.3) is 0 Å². The summed E-state index contributed by atoms with van der Waals surface area (Å²) in [4.78, 5) is 2.36. The lowest BCUT2D eigenvalue weighted by atomic mass is 9.92. The summed E-state index contributed by atoms with van der Waals surface area (Å²) in [6.07, 6.45) is 2.75. The highest BCUT2D eigenvalue weighted by Gasteiger charge is 2.30. The van der Waals surface area contributed by atoms with Crippen molar-refractivity contribution in [2.24, 2.45) is 0 Å². The molecule has 0 unspecified atom stereocenters. The summed E-state index contributed by atoms with van der Waals surface area (Å²) in [7, 11) is -3.00. The fraction of sp³-hybridized carbons (Fsp3) is 0.737. The molecule has 0 radical (unpaired) electrons. The first kappa shape index (κ1) is 19.7. The molecule has 2 fully saturated rings. The van der Waals surface area contributed by atoms with Crippen LogP contribution in [0.2, 0.25) is 0 Å². The van der Waals surface area contributed by atoms with Crippen molar-refractivity contribution in [3.63, 3.8) is 0 Å². The molecule has 0 saturated carbocycles. The minimum Gasteiger partial charge on any atom is -0.302 e. The van der Waals surface area contributed by atoms with Crippen LogP contribution in [0.3, 0.4) is 0 Å². The van der Waals surface area contributed by atoms with Gasteiger partial charge in [0, 0.05) is 31.0 Å². The van der Waals surface area contributed by atoms with E-state index in [9.17, 15) is 8.42 Å². The third-order valence-electron chi connectivity index (χ3n) is 5.88. The summed E-state index contributed by atoms with van der Waals surface area (Å²) < 4.78 is 27.5. The lowest BCUT2D eigenvalue weighted by Crippen LogP contribution is -2.40. The van der Waals surface area contributed by atoms with Crippen LogP contribution in [-0.2, 0) is 15.4 Å². The Morgan fingerprint density at radius 2 is 1.82 bits per heavy atom. The Morgan fingerprint density at radius 1 is 1.07 bits per heavy atom. The Morgan fingerprint density at radius 3 is 2.46 bits per heavy atom. The van der Waals surface area contributed by atoms with E-state index in [1.54, 1.807) is 4.31 Å². The number of sulfonamides is 1. The molecule has 2 aliphatic heterocycles. The summed E-state index contributed by atoms with van der Waals surface area (Å²) in [5, 5.41) is 13.6. The average Bonchev–Trinajstić information content (AvgIpc) is 3.21. The highest BCUT2D eigenvalue weighted by atomic mass is 32.2. The zero-order chi connectivity index (χ0) is 19.9. The van der Waals surface area contributed by atoms with Crippen LogP contribution < -0.4 is 0 Å². The molecule has 0 spiro atoms. The first-order valence-electron chi connectivity index (χ1n) is 10.2. The maximum Gasteiger partial charge on any atom is 0.214 e. The summed E-state index contributed by atoms with van der Waals surface area (Å²) in [6.45, 7) is 10.5. The van der Waals surface area contributed by atoms with Crippen LogP contribution in [0.25, 0.3) is 5.65 Å². The second-order valence-electron chi connectivity index (χ2n) is 8.98. The Balaban J connectivity index is 1.40. The lowest BCUT2D eigenvalue weighted by molar-refractivity contribution is 0.197. The third kappa shape index (κ3) is 3.92. The fourth-order valence-electron chi connectivity index (χ4n) is 4.07. The van der Waals surface area contributed by atoms with Crippen LogP contribution in [0.15, 0.2) is 12.1 Å². The van der Waals surface area contributed by atoms with Crippen LogP contribution in [0.1, 0.15) is 57.5 Å². The molecule has 0 atom stereocenters. The summed E-state index contributed by atoms with van der Waals surface area (Å²) >= 11 is 0. The van der Waals surface area contributed by atoms with Crippen LogP contribution in [0.5, 0.6) is 0 Å². The minimum atomic E-state index is -3.00. The highest BCUT2D eigenvalue weighted by Crippen LogP contribution is 2.28. The molecule has 4 heterocycles. The fourth-order valence-corrected chi connectivity index (χ4v) is 5.59. The van der Waals surface area contributed by atoms with Gasteiger partial charge in [0.2, 0.25) is 10.0 Å². The number of hydrogen-bond donors (Lipinski definition) is 0. The van der Waals surface area contributed by atoms with Gasteiger partial charge in [-0.15, -0.1) is 10.2 Å². The zero-order valence-electron chi connectivity index (χ0n) is 17.0. The van der Waals surface area contributed by atoms with E-state index in [1.807, 2.05) is 16.6 Å². The Kier molecular flexibility index (Phi) is 5.18. The van der Waals surface area contributed by atoms with E-state index >= 15 is 0 Å². The molecule has 4 rings (SSSR count). The monoisotopic (exact) mass is 406 g/mol. The molecule has 28 heavy (non-hydrogen) atoms. The third-order valence-corrected chi connectivity index (χ3v) is 7.83. The molecule has 0 aliphatic carbocycles. The van der Waals surface area contributed by atoms with E-state index in [4.69, 9.17) is 5.10 Å². The molecule has 2 aromatic heterocycles. The van der Waals surface area contributed by atoms with Gasteiger partial charge in [0.15, 0.2) is 11.5 Å². The second-order valence-corrected chi connectivity index (χ2v) is 11.1. The van der Waals surface area contributed by atoms with Gasteiger partial charge in [0.1, 0.15) is 0 Å². The van der Waals surface area contributed by atoms with Crippen molar-refractivity contribution < 1.29 is 8.42 Å². The number of aromatic nitrogens is 4. The number of hydrogen-bond acceptors (Lipinski definition) is 6. The number of nitrogens with zero attached hydrogens (tertiary/aromatic N) is 6. The molecule has 2 saturated heterocycles. The Bertz CT molecular complexity index is 941. The van der Waals surface area contributed by atoms with Crippen molar-refractivity contribution in [2.75, 3.05) is 38.5 Å². The van der Waals surface area contributed by atoms with E-state index < -0.39 is 10.0 Å². The maximum absolute atomic E-state index is 11.9. The van der Waals surface area contributed by atoms with Crippen molar-refractivity contribution >= 4 is 15.7 Å². The number of rotatable bonds is 4. The largest absolute Gasteiger partial charge is 0.302 e. The van der Waals surface area contributed by atoms with Crippen molar-refractivity contribution in [3.8, 4) is 0 Å². The van der Waals surface area contributed by atoms with Crippen molar-refractivity contribution in [1.29, 1.82) is 0 Å². The molecular formula is C19H30N6O2S. The second kappa shape index (κ2) is 7.35. The van der Waals surface area contributed by atoms with Gasteiger partial charge in [-0.25, -0.2) is 12.7 Å². The van der Waals surface area contributed by atoms with E-state index in [1.165, 1.54) is 0 Å². The lowest BCUT2D eigenvalue weighted by Gasteiger charge is -2.32. The molecule has 0 bridgehead atoms. The van der Waals surface area contributed by atoms with Gasteiger partial charge in [-0.1, -0.05) is 20.8 Å². The number of piperidine rings is 1. The quantitative estimate of drug-likeness (QED) is 0.767. The molecule has 0 aromatic carbocycles. The topological polar surface area (TPSA) is 83.7 Å². The SMILES string of the molecule is CC(C)(C)c1ccc2nnc(C3CCN(CCN4CCCS4(=O)=O)CC3)n2n1. The Labute approximate surface area is 167 Å². The van der Waals surface area contributed by atoms with Gasteiger partial charge >= 0.3 is 0 Å². The Hall–Kier alpha value is -1.58. The van der Waals surface area contributed by atoms with E-state index in [0.717, 1.165) is 56.1 Å². The molecule has 9 heteroatoms. The van der Waals surface area contributed by atoms with Crippen molar-refractivity contribution in [2.45, 2.75) is 51.4 Å². The van der Waals surface area contributed by atoms with E-state index in [-0.39, 0.29) is 5.41 Å². The van der Waals surface area contributed by atoms with Gasteiger partial charge in [-0.2, -0.15) is 9.61 Å². The normalized spacial score (nSPS) is 22.2. The predicted molar refractivity (Wildman–Crippen MR) is 108 cm³/mol.